The number of hydrogen-bond donors (Lipinski definition) is 2. The van der Waals surface area contributed by atoms with Gasteiger partial charge in [0.25, 0.3) is 0 Å². The first-order valence-electron chi connectivity index (χ1n) is 8.60. The van der Waals surface area contributed by atoms with Crippen molar-refractivity contribution in [2.45, 2.75) is 6.54 Å². The molecule has 0 saturated carbocycles. The number of methoxy groups -OCH3 is 1. The highest BCUT2D eigenvalue weighted by Gasteiger charge is 2.17. The summed E-state index contributed by atoms with van der Waals surface area (Å²) < 4.78 is 7.15. The molecular weight excluding hydrogens is 380 g/mol. The molecule has 142 valence electrons. The Morgan fingerprint density at radius 1 is 1.25 bits per heavy atom. The quantitative estimate of drug-likeness (QED) is 0.512. The highest BCUT2D eigenvalue weighted by Crippen LogP contribution is 2.27. The van der Waals surface area contributed by atoms with Crippen LogP contribution in [-0.2, 0) is 11.3 Å². The number of rotatable bonds is 6. The number of halogens is 1. The first-order valence-corrected chi connectivity index (χ1v) is 8.98. The molecule has 4 rings (SSSR count). The van der Waals surface area contributed by atoms with Crippen molar-refractivity contribution in [1.82, 2.24) is 19.5 Å². The maximum atomic E-state index is 11.4. The number of carboxylic acids is 1. The number of ether oxygens (including phenoxy) is 1. The highest BCUT2D eigenvalue weighted by atomic mass is 35.5. The van der Waals surface area contributed by atoms with Crippen LogP contribution in [0, 0.1) is 0 Å². The van der Waals surface area contributed by atoms with Crippen LogP contribution in [0.15, 0.2) is 48.7 Å². The molecular formula is C20H17ClN4O3. The van der Waals surface area contributed by atoms with Gasteiger partial charge in [-0.3, -0.25) is 0 Å². The van der Waals surface area contributed by atoms with Crippen molar-refractivity contribution in [3.63, 3.8) is 0 Å². The summed E-state index contributed by atoms with van der Waals surface area (Å²) in [5.41, 5.74) is 3.29. The number of imidazole rings is 2. The predicted molar refractivity (Wildman–Crippen MR) is 107 cm³/mol. The second-order valence-corrected chi connectivity index (χ2v) is 6.68. The molecule has 0 aliphatic rings. The molecule has 0 aliphatic heterocycles. The number of carbonyl (C=O) groups is 1. The lowest BCUT2D eigenvalue weighted by atomic mass is 10.2. The lowest BCUT2D eigenvalue weighted by Gasteiger charge is -2.07. The van der Waals surface area contributed by atoms with Crippen LogP contribution in [0.2, 0.25) is 5.02 Å². The van der Waals surface area contributed by atoms with E-state index in [1.165, 1.54) is 0 Å². The van der Waals surface area contributed by atoms with E-state index in [4.69, 9.17) is 16.3 Å². The SMILES string of the molecule is COCCn1c(-c2cnc(-c3ccc(Cl)cc3)[nH]2)nc2ccc(C(=O)O)cc21. The van der Waals surface area contributed by atoms with Crippen molar-refractivity contribution in [2.75, 3.05) is 13.7 Å². The Kier molecular flexibility index (Phi) is 4.85. The number of nitrogens with zero attached hydrogens (tertiary/aromatic N) is 3. The monoisotopic (exact) mass is 396 g/mol. The Hall–Kier alpha value is -3.16. The fourth-order valence-corrected chi connectivity index (χ4v) is 3.19. The van der Waals surface area contributed by atoms with E-state index in [2.05, 4.69) is 15.0 Å². The summed E-state index contributed by atoms with van der Waals surface area (Å²) in [5, 5.41) is 9.96. The third-order valence-electron chi connectivity index (χ3n) is 4.45. The van der Waals surface area contributed by atoms with E-state index in [0.29, 0.717) is 35.3 Å². The molecule has 28 heavy (non-hydrogen) atoms. The summed E-state index contributed by atoms with van der Waals surface area (Å²) in [7, 11) is 1.62. The van der Waals surface area contributed by atoms with Gasteiger partial charge in [-0.15, -0.1) is 0 Å². The van der Waals surface area contributed by atoms with Gasteiger partial charge in [-0.2, -0.15) is 0 Å². The summed E-state index contributed by atoms with van der Waals surface area (Å²) in [6.45, 7) is 0.995. The summed E-state index contributed by atoms with van der Waals surface area (Å²) in [4.78, 5) is 23.8. The van der Waals surface area contributed by atoms with Crippen molar-refractivity contribution in [2.24, 2.45) is 0 Å². The Morgan fingerprint density at radius 3 is 2.75 bits per heavy atom. The first kappa shape index (κ1) is 18.2. The molecule has 0 amide bonds. The van der Waals surface area contributed by atoms with Gasteiger partial charge in [-0.1, -0.05) is 11.6 Å². The van der Waals surface area contributed by atoms with Crippen molar-refractivity contribution < 1.29 is 14.6 Å². The van der Waals surface area contributed by atoms with E-state index in [0.717, 1.165) is 16.8 Å². The molecule has 0 aliphatic carbocycles. The largest absolute Gasteiger partial charge is 0.478 e. The topological polar surface area (TPSA) is 93.0 Å². The summed E-state index contributed by atoms with van der Waals surface area (Å²) in [6.07, 6.45) is 1.71. The molecule has 0 atom stereocenters. The fourth-order valence-electron chi connectivity index (χ4n) is 3.06. The van der Waals surface area contributed by atoms with Gasteiger partial charge in [0.05, 0.1) is 29.4 Å². The van der Waals surface area contributed by atoms with Crippen molar-refractivity contribution in [3.05, 3.63) is 59.2 Å². The van der Waals surface area contributed by atoms with Crippen LogP contribution in [0.3, 0.4) is 0 Å². The van der Waals surface area contributed by atoms with Gasteiger partial charge in [0.15, 0.2) is 5.82 Å². The third-order valence-corrected chi connectivity index (χ3v) is 4.70. The molecule has 2 aromatic heterocycles. The van der Waals surface area contributed by atoms with Crippen LogP contribution >= 0.6 is 11.6 Å². The molecule has 8 heteroatoms. The van der Waals surface area contributed by atoms with E-state index >= 15 is 0 Å². The molecule has 0 spiro atoms. The molecule has 2 N–H and O–H groups in total. The molecule has 7 nitrogen and oxygen atoms in total. The smallest absolute Gasteiger partial charge is 0.335 e. The minimum Gasteiger partial charge on any atom is -0.478 e. The van der Waals surface area contributed by atoms with E-state index < -0.39 is 5.97 Å². The van der Waals surface area contributed by atoms with Crippen LogP contribution < -0.4 is 0 Å². The van der Waals surface area contributed by atoms with Crippen LogP contribution in [0.1, 0.15) is 10.4 Å². The Balaban J connectivity index is 1.81. The molecule has 0 saturated heterocycles. The van der Waals surface area contributed by atoms with Gasteiger partial charge in [0.2, 0.25) is 0 Å². The normalized spacial score (nSPS) is 11.2. The number of benzene rings is 2. The first-order chi connectivity index (χ1) is 13.6. The number of aromatic carboxylic acids is 1. The number of nitrogens with one attached hydrogen (secondary N) is 1. The molecule has 2 heterocycles. The second kappa shape index (κ2) is 7.46. The molecule has 4 aromatic rings. The average molecular weight is 397 g/mol. The van der Waals surface area contributed by atoms with Crippen molar-refractivity contribution >= 4 is 28.6 Å². The number of fused-ring (bicyclic) bond motifs is 1. The molecule has 0 unspecified atom stereocenters. The number of carboxylic acid groups (broad SMARTS) is 1. The van der Waals surface area contributed by atoms with Gasteiger partial charge in [-0.25, -0.2) is 14.8 Å². The summed E-state index contributed by atoms with van der Waals surface area (Å²) in [6, 6.07) is 12.3. The minimum atomic E-state index is -0.977. The van der Waals surface area contributed by atoms with Crippen molar-refractivity contribution in [1.29, 1.82) is 0 Å². The van der Waals surface area contributed by atoms with E-state index in [1.54, 1.807) is 43.6 Å². The molecule has 0 radical (unpaired) electrons. The Labute approximate surface area is 165 Å². The lowest BCUT2D eigenvalue weighted by Crippen LogP contribution is -2.06. The average Bonchev–Trinajstić information content (AvgIpc) is 3.31. The highest BCUT2D eigenvalue weighted by molar-refractivity contribution is 6.30. The van der Waals surface area contributed by atoms with Gasteiger partial charge >= 0.3 is 5.97 Å². The fraction of sp³-hybridized carbons (Fsp3) is 0.150. The van der Waals surface area contributed by atoms with Crippen LogP contribution in [-0.4, -0.2) is 44.3 Å². The number of H-pyrrole nitrogens is 1. The number of aromatic nitrogens is 4. The number of hydrogen-bond acceptors (Lipinski definition) is 4. The zero-order valence-corrected chi connectivity index (χ0v) is 15.8. The zero-order chi connectivity index (χ0) is 19.7. The van der Waals surface area contributed by atoms with Gasteiger partial charge in [-0.05, 0) is 42.5 Å². The molecule has 0 bridgehead atoms. The van der Waals surface area contributed by atoms with E-state index in [-0.39, 0.29) is 5.56 Å². The Bertz CT molecular complexity index is 1150. The van der Waals surface area contributed by atoms with Crippen molar-refractivity contribution in [3.8, 4) is 22.9 Å². The molecule has 0 fully saturated rings. The minimum absolute atomic E-state index is 0.212. The van der Waals surface area contributed by atoms with E-state index in [1.807, 2.05) is 16.7 Å². The van der Waals surface area contributed by atoms with E-state index in [9.17, 15) is 9.90 Å². The maximum Gasteiger partial charge on any atom is 0.335 e. The zero-order valence-electron chi connectivity index (χ0n) is 15.0. The van der Waals surface area contributed by atoms with Gasteiger partial charge in [0.1, 0.15) is 11.5 Å². The Morgan fingerprint density at radius 2 is 2.04 bits per heavy atom. The second-order valence-electron chi connectivity index (χ2n) is 6.24. The third kappa shape index (κ3) is 3.37. The van der Waals surface area contributed by atoms with Crippen LogP contribution in [0.4, 0.5) is 0 Å². The lowest BCUT2D eigenvalue weighted by molar-refractivity contribution is 0.0697. The maximum absolute atomic E-state index is 11.4. The summed E-state index contributed by atoms with van der Waals surface area (Å²) in [5.74, 6) is 0.389. The standard InChI is InChI=1S/C20H17ClN4O3/c1-28-9-8-25-17-10-13(20(26)27)4-7-15(17)24-19(25)16-11-22-18(23-16)12-2-5-14(21)6-3-12/h2-7,10-11H,8-9H2,1H3,(H,22,23)(H,26,27). The van der Waals surface area contributed by atoms with Crippen LogP contribution in [0.25, 0.3) is 33.9 Å². The predicted octanol–water partition coefficient (Wildman–Crippen LogP) is 4.09. The molecule has 2 aromatic carbocycles. The van der Waals surface area contributed by atoms with Gasteiger partial charge < -0.3 is 19.4 Å². The van der Waals surface area contributed by atoms with Gasteiger partial charge in [0, 0.05) is 24.2 Å². The van der Waals surface area contributed by atoms with Crippen LogP contribution in [0.5, 0.6) is 0 Å². The number of aromatic amines is 1. The summed E-state index contributed by atoms with van der Waals surface area (Å²) >= 11 is 5.95.